The molecule has 0 bridgehead atoms. The van der Waals surface area contributed by atoms with Gasteiger partial charge in [0.25, 0.3) is 0 Å². The topological polar surface area (TPSA) is 54.4 Å². The van der Waals surface area contributed by atoms with Gasteiger partial charge < -0.3 is 5.11 Å². The van der Waals surface area contributed by atoms with Crippen molar-refractivity contribution in [3.63, 3.8) is 0 Å². The first kappa shape index (κ1) is 23.7. The summed E-state index contributed by atoms with van der Waals surface area (Å²) in [6, 6.07) is 15.6. The maximum atomic E-state index is 14.0. The predicted octanol–water partition coefficient (Wildman–Crippen LogP) is 6.41. The van der Waals surface area contributed by atoms with Gasteiger partial charge in [0.2, 0.25) is 0 Å². The minimum Gasteiger partial charge on any atom is -0.388 e. The highest BCUT2D eigenvalue weighted by Gasteiger charge is 2.26. The second kappa shape index (κ2) is 9.27. The van der Waals surface area contributed by atoms with Crippen LogP contribution in [0, 0.1) is 20.8 Å². The zero-order chi connectivity index (χ0) is 22.9. The fraction of sp³-hybridized carbons (Fsp3) is 0.346. The van der Waals surface area contributed by atoms with Crippen molar-refractivity contribution in [2.45, 2.75) is 68.6 Å². The second-order valence-electron chi connectivity index (χ2n) is 9.01. The van der Waals surface area contributed by atoms with Crippen molar-refractivity contribution < 1.29 is 14.1 Å². The molecule has 1 N–H and O–H groups in total. The predicted molar refractivity (Wildman–Crippen MR) is 131 cm³/mol. The molecule has 0 aliphatic carbocycles. The molecule has 0 aliphatic heterocycles. The van der Waals surface area contributed by atoms with Gasteiger partial charge in [0.15, 0.2) is 5.12 Å². The van der Waals surface area contributed by atoms with E-state index in [1.807, 2.05) is 90.1 Å². The van der Waals surface area contributed by atoms with Crippen LogP contribution < -0.4 is 0 Å². The van der Waals surface area contributed by atoms with E-state index >= 15 is 0 Å². The summed E-state index contributed by atoms with van der Waals surface area (Å²) >= 11 is 1.23. The van der Waals surface area contributed by atoms with Crippen LogP contribution in [0.4, 0.5) is 0 Å². The molecule has 0 saturated carbocycles. The van der Waals surface area contributed by atoms with E-state index in [1.54, 1.807) is 0 Å². The van der Waals surface area contributed by atoms with Crippen molar-refractivity contribution in [3.05, 3.63) is 70.8 Å². The van der Waals surface area contributed by atoms with Crippen molar-refractivity contribution in [2.24, 2.45) is 0 Å². The fourth-order valence-corrected chi connectivity index (χ4v) is 6.58. The Bertz CT molecular complexity index is 1140. The quantitative estimate of drug-likeness (QED) is 0.484. The van der Waals surface area contributed by atoms with Crippen LogP contribution in [0.5, 0.6) is 0 Å². The van der Waals surface area contributed by atoms with Gasteiger partial charge in [0, 0.05) is 16.1 Å². The highest BCUT2D eigenvalue weighted by Crippen LogP contribution is 2.37. The summed E-state index contributed by atoms with van der Waals surface area (Å²) in [6.45, 7) is 11.9. The Kier molecular flexibility index (Phi) is 7.09. The van der Waals surface area contributed by atoms with Gasteiger partial charge in [0.05, 0.1) is 21.8 Å². The van der Waals surface area contributed by atoms with Gasteiger partial charge in [-0.2, -0.15) is 0 Å². The van der Waals surface area contributed by atoms with Crippen molar-refractivity contribution in [3.8, 4) is 0 Å². The average molecular weight is 455 g/mol. The largest absolute Gasteiger partial charge is 0.388 e. The third-order valence-electron chi connectivity index (χ3n) is 5.02. The van der Waals surface area contributed by atoms with Crippen LogP contribution in [0.15, 0.2) is 58.3 Å². The monoisotopic (exact) mass is 454 g/mol. The summed E-state index contributed by atoms with van der Waals surface area (Å²) in [5.41, 5.74) is 3.60. The number of aryl methyl sites for hydroxylation is 3. The third kappa shape index (κ3) is 5.46. The molecule has 0 amide bonds. The first-order chi connectivity index (χ1) is 14.5. The fourth-order valence-electron chi connectivity index (χ4n) is 3.94. The van der Waals surface area contributed by atoms with Gasteiger partial charge in [-0.3, -0.25) is 4.79 Å². The normalized spacial score (nSPS) is 13.9. The van der Waals surface area contributed by atoms with Crippen LogP contribution in [0.1, 0.15) is 55.5 Å². The van der Waals surface area contributed by atoms with E-state index in [0.29, 0.717) is 10.5 Å². The molecule has 0 spiro atoms. The lowest BCUT2D eigenvalue weighted by atomic mass is 10.0. The molecular formula is C26H30O3S2. The number of thioether (sulfide) groups is 1. The van der Waals surface area contributed by atoms with Gasteiger partial charge in [-0.25, -0.2) is 4.21 Å². The van der Waals surface area contributed by atoms with E-state index in [1.165, 1.54) is 11.8 Å². The molecule has 1 unspecified atom stereocenters. The van der Waals surface area contributed by atoms with Crippen LogP contribution in [0.2, 0.25) is 0 Å². The van der Waals surface area contributed by atoms with Crippen molar-refractivity contribution in [2.75, 3.05) is 0 Å². The summed E-state index contributed by atoms with van der Waals surface area (Å²) in [5, 5.41) is 12.8. The molecular weight excluding hydrogens is 424 g/mol. The second-order valence-corrected chi connectivity index (χ2v) is 12.2. The van der Waals surface area contributed by atoms with E-state index in [9.17, 15) is 14.1 Å². The van der Waals surface area contributed by atoms with Gasteiger partial charge in [-0.1, -0.05) is 86.6 Å². The Hall–Kier alpha value is -1.95. The molecule has 0 radical (unpaired) electrons. The summed E-state index contributed by atoms with van der Waals surface area (Å²) in [4.78, 5) is 13.9. The lowest BCUT2D eigenvalue weighted by Gasteiger charge is -2.21. The van der Waals surface area contributed by atoms with E-state index in [4.69, 9.17) is 0 Å². The first-order valence-electron chi connectivity index (χ1n) is 10.4. The molecule has 3 aromatic carbocycles. The maximum Gasteiger partial charge on any atom is 0.192 e. The number of carbonyl (C=O) groups excluding carboxylic acids is 1. The van der Waals surface area contributed by atoms with Crippen LogP contribution >= 0.6 is 11.8 Å². The lowest BCUT2D eigenvalue weighted by Crippen LogP contribution is -2.15. The number of carbonyl (C=O) groups is 1. The van der Waals surface area contributed by atoms with Crippen molar-refractivity contribution in [1.29, 1.82) is 0 Å². The Morgan fingerprint density at radius 1 is 1.00 bits per heavy atom. The highest BCUT2D eigenvalue weighted by atomic mass is 32.2. The maximum absolute atomic E-state index is 14.0. The van der Waals surface area contributed by atoms with E-state index < -0.39 is 16.9 Å². The molecule has 0 aliphatic rings. The Labute approximate surface area is 191 Å². The van der Waals surface area contributed by atoms with Gasteiger partial charge in [0.1, 0.15) is 0 Å². The Morgan fingerprint density at radius 2 is 1.61 bits per heavy atom. The molecule has 2 atom stereocenters. The SMILES string of the molecule is Cc1cc(C)c(S(=O)c2c([C@@H](O)CC(=O)SC(C)(C)C)ccc3ccccc23)c(C)c1. The summed E-state index contributed by atoms with van der Waals surface area (Å²) in [7, 11) is -1.50. The van der Waals surface area contributed by atoms with Crippen LogP contribution in [-0.4, -0.2) is 19.2 Å². The number of hydrogen-bond acceptors (Lipinski definition) is 4. The summed E-state index contributed by atoms with van der Waals surface area (Å²) in [6.07, 6.45) is -1.03. The number of rotatable bonds is 5. The number of aliphatic hydroxyl groups is 1. The zero-order valence-corrected chi connectivity index (χ0v) is 20.6. The molecule has 0 fully saturated rings. The van der Waals surface area contributed by atoms with E-state index in [-0.39, 0.29) is 16.3 Å². The van der Waals surface area contributed by atoms with Crippen molar-refractivity contribution >= 4 is 38.4 Å². The molecule has 164 valence electrons. The molecule has 3 nitrogen and oxygen atoms in total. The van der Waals surface area contributed by atoms with E-state index in [2.05, 4.69) is 0 Å². The minimum atomic E-state index is -1.50. The number of fused-ring (bicyclic) bond motifs is 1. The molecule has 0 heterocycles. The number of benzene rings is 3. The molecule has 0 aromatic heterocycles. The molecule has 5 heteroatoms. The van der Waals surface area contributed by atoms with Crippen LogP contribution in [0.3, 0.4) is 0 Å². The molecule has 3 rings (SSSR count). The molecule has 0 saturated heterocycles. The van der Waals surface area contributed by atoms with Gasteiger partial charge in [-0.05, 0) is 48.2 Å². The van der Waals surface area contributed by atoms with Crippen molar-refractivity contribution in [1.82, 2.24) is 0 Å². The van der Waals surface area contributed by atoms with E-state index in [0.717, 1.165) is 32.4 Å². The Morgan fingerprint density at radius 3 is 2.23 bits per heavy atom. The van der Waals surface area contributed by atoms with Gasteiger partial charge in [-0.15, -0.1) is 0 Å². The van der Waals surface area contributed by atoms with Gasteiger partial charge >= 0.3 is 0 Å². The lowest BCUT2D eigenvalue weighted by molar-refractivity contribution is -0.112. The Balaban J connectivity index is 2.13. The average Bonchev–Trinajstić information content (AvgIpc) is 2.64. The first-order valence-corrected chi connectivity index (χ1v) is 12.4. The third-order valence-corrected chi connectivity index (χ3v) is 7.87. The number of hydrogen-bond donors (Lipinski definition) is 1. The molecule has 31 heavy (non-hydrogen) atoms. The standard InChI is InChI=1S/C26H30O3S2/c1-16-13-17(2)24(18(3)14-16)31(29)25-20-10-8-7-9-19(20)11-12-21(25)22(27)15-23(28)30-26(4,5)6/h7-14,22,27H,15H2,1-6H3/t22-,31?/m0/s1. The molecule has 3 aromatic rings. The highest BCUT2D eigenvalue weighted by molar-refractivity contribution is 8.14. The van der Waals surface area contributed by atoms with Crippen LogP contribution in [0.25, 0.3) is 10.8 Å². The summed E-state index contributed by atoms with van der Waals surface area (Å²) < 4.78 is 13.7. The summed E-state index contributed by atoms with van der Waals surface area (Å²) in [5.74, 6) is 0. The zero-order valence-electron chi connectivity index (χ0n) is 19.0. The van der Waals surface area contributed by atoms with Crippen LogP contribution in [-0.2, 0) is 15.6 Å². The smallest absolute Gasteiger partial charge is 0.192 e. The minimum absolute atomic E-state index is 0.0175. The number of aliphatic hydroxyl groups excluding tert-OH is 1.